The molecule has 0 spiro atoms. The van der Waals surface area contributed by atoms with E-state index in [0.717, 1.165) is 0 Å². The molecule has 25 heavy (non-hydrogen) atoms. The summed E-state index contributed by atoms with van der Waals surface area (Å²) in [6.07, 6.45) is 2.39. The van der Waals surface area contributed by atoms with Gasteiger partial charge in [0.05, 0.1) is 24.2 Å². The van der Waals surface area contributed by atoms with E-state index >= 15 is 0 Å². The van der Waals surface area contributed by atoms with Crippen LogP contribution >= 0.6 is 0 Å². The second-order valence-electron chi connectivity index (χ2n) is 8.16. The van der Waals surface area contributed by atoms with E-state index in [9.17, 15) is 10.1 Å². The summed E-state index contributed by atoms with van der Waals surface area (Å²) in [5, 5.41) is 11.0. The van der Waals surface area contributed by atoms with Crippen molar-refractivity contribution < 1.29 is 18.8 Å². The quantitative estimate of drug-likeness (QED) is 0.375. The fourth-order valence-corrected chi connectivity index (χ4v) is 3.72. The lowest BCUT2D eigenvalue weighted by atomic mass is 10.2. The average Bonchev–Trinajstić information content (AvgIpc) is 3.34. The monoisotopic (exact) mass is 367 g/mol. The first-order chi connectivity index (χ1) is 11.5. The molecule has 1 fully saturated rings. The van der Waals surface area contributed by atoms with Crippen LogP contribution in [0.3, 0.4) is 0 Å². The Morgan fingerprint density at radius 3 is 2.40 bits per heavy atom. The topological polar surface area (TPSA) is 70.8 Å². The third-order valence-electron chi connectivity index (χ3n) is 5.16. The molecule has 0 radical (unpaired) electrons. The van der Waals surface area contributed by atoms with E-state index in [1.54, 1.807) is 6.07 Å². The molecule has 1 unspecified atom stereocenters. The van der Waals surface area contributed by atoms with Crippen LogP contribution in [-0.2, 0) is 4.43 Å². The number of nitrogens with zero attached hydrogens (tertiary/aromatic N) is 1. The maximum atomic E-state index is 10.9. The van der Waals surface area contributed by atoms with Gasteiger partial charge >= 0.3 is 0 Å². The molecule has 6 nitrogen and oxygen atoms in total. The Hall–Kier alpha value is -1.60. The number of benzene rings is 1. The standard InChI is InChI=1S/C18H29NO5Si/c1-18(2,3)25(5,6)24-17(13-7-8-13)12-23-15-10-9-14(19(20)21)11-16(15)22-4/h9-11,13,17H,7-8,12H2,1-6H3. The highest BCUT2D eigenvalue weighted by atomic mass is 28.4. The van der Waals surface area contributed by atoms with Crippen molar-refractivity contribution in [1.82, 2.24) is 0 Å². The van der Waals surface area contributed by atoms with Crippen LogP contribution in [0.4, 0.5) is 5.69 Å². The molecule has 0 aromatic heterocycles. The van der Waals surface area contributed by atoms with Crippen LogP contribution in [-0.4, -0.2) is 33.1 Å². The van der Waals surface area contributed by atoms with Crippen LogP contribution in [0.5, 0.6) is 11.5 Å². The molecular formula is C18H29NO5Si. The first-order valence-electron chi connectivity index (χ1n) is 8.68. The maximum absolute atomic E-state index is 10.9. The molecule has 2 rings (SSSR count). The molecule has 1 saturated carbocycles. The molecule has 1 aromatic carbocycles. The molecule has 0 N–H and O–H groups in total. The molecule has 1 aliphatic carbocycles. The van der Waals surface area contributed by atoms with Gasteiger partial charge in [0, 0.05) is 6.07 Å². The van der Waals surface area contributed by atoms with Crippen LogP contribution in [0.15, 0.2) is 18.2 Å². The minimum Gasteiger partial charge on any atom is -0.493 e. The molecule has 140 valence electrons. The largest absolute Gasteiger partial charge is 0.493 e. The Morgan fingerprint density at radius 2 is 1.92 bits per heavy atom. The Bertz CT molecular complexity index is 622. The third kappa shape index (κ3) is 4.95. The molecule has 1 aromatic rings. The number of non-ortho nitro benzene ring substituents is 1. The molecule has 7 heteroatoms. The Labute approximate surface area is 150 Å². The fourth-order valence-electron chi connectivity index (χ4n) is 2.35. The van der Waals surface area contributed by atoms with E-state index in [2.05, 4.69) is 33.9 Å². The van der Waals surface area contributed by atoms with E-state index in [1.807, 2.05) is 0 Å². The smallest absolute Gasteiger partial charge is 0.273 e. The molecule has 0 bridgehead atoms. The highest BCUT2D eigenvalue weighted by Gasteiger charge is 2.43. The zero-order valence-electron chi connectivity index (χ0n) is 16.0. The summed E-state index contributed by atoms with van der Waals surface area (Å²) in [6, 6.07) is 4.40. The number of methoxy groups -OCH3 is 1. The molecule has 0 saturated heterocycles. The van der Waals surface area contributed by atoms with E-state index in [0.29, 0.717) is 24.0 Å². The highest BCUT2D eigenvalue weighted by Crippen LogP contribution is 2.42. The van der Waals surface area contributed by atoms with Gasteiger partial charge in [-0.3, -0.25) is 10.1 Å². The van der Waals surface area contributed by atoms with Crippen molar-refractivity contribution in [3.8, 4) is 11.5 Å². The zero-order valence-corrected chi connectivity index (χ0v) is 17.0. The van der Waals surface area contributed by atoms with Gasteiger partial charge in [-0.1, -0.05) is 20.8 Å². The summed E-state index contributed by atoms with van der Waals surface area (Å²) in [5.74, 6) is 1.42. The summed E-state index contributed by atoms with van der Waals surface area (Å²) < 4.78 is 17.7. The molecule has 1 aliphatic rings. The van der Waals surface area contributed by atoms with Gasteiger partial charge in [-0.15, -0.1) is 0 Å². The van der Waals surface area contributed by atoms with Crippen LogP contribution in [0, 0.1) is 16.0 Å². The summed E-state index contributed by atoms with van der Waals surface area (Å²) >= 11 is 0. The van der Waals surface area contributed by atoms with Gasteiger partial charge in [-0.25, -0.2) is 0 Å². The van der Waals surface area contributed by atoms with Gasteiger partial charge < -0.3 is 13.9 Å². The first-order valence-corrected chi connectivity index (χ1v) is 11.6. The van der Waals surface area contributed by atoms with Gasteiger partial charge in [-0.05, 0) is 43.0 Å². The fraction of sp³-hybridized carbons (Fsp3) is 0.667. The zero-order chi connectivity index (χ0) is 18.8. The summed E-state index contributed by atoms with van der Waals surface area (Å²) in [7, 11) is -0.393. The van der Waals surface area contributed by atoms with E-state index < -0.39 is 13.2 Å². The highest BCUT2D eigenvalue weighted by molar-refractivity contribution is 6.74. The summed E-state index contributed by atoms with van der Waals surface area (Å²) in [4.78, 5) is 10.4. The van der Waals surface area contributed by atoms with Crippen LogP contribution in [0.2, 0.25) is 18.1 Å². The lowest BCUT2D eigenvalue weighted by Crippen LogP contribution is -2.46. The number of rotatable bonds is 8. The number of nitro groups is 1. The average molecular weight is 368 g/mol. The van der Waals surface area contributed by atoms with Crippen LogP contribution in [0.1, 0.15) is 33.6 Å². The predicted molar refractivity (Wildman–Crippen MR) is 99.9 cm³/mol. The van der Waals surface area contributed by atoms with Gasteiger partial charge in [0.1, 0.15) is 6.61 Å². The predicted octanol–water partition coefficient (Wildman–Crippen LogP) is 4.78. The van der Waals surface area contributed by atoms with Gasteiger partial charge in [0.25, 0.3) is 5.69 Å². The number of nitro benzene ring substituents is 1. The molecule has 0 aliphatic heterocycles. The summed E-state index contributed by atoms with van der Waals surface area (Å²) in [6.45, 7) is 11.6. The van der Waals surface area contributed by atoms with Crippen molar-refractivity contribution >= 4 is 14.0 Å². The Balaban J connectivity index is 2.08. The van der Waals surface area contributed by atoms with E-state index in [1.165, 1.54) is 32.1 Å². The number of ether oxygens (including phenoxy) is 2. The second kappa shape index (κ2) is 7.33. The van der Waals surface area contributed by atoms with Crippen LogP contribution in [0.25, 0.3) is 0 Å². The second-order valence-corrected chi connectivity index (χ2v) is 12.9. The SMILES string of the molecule is COc1cc([N+](=O)[O-])ccc1OCC(O[Si](C)(C)C(C)(C)C)C1CC1. The molecular weight excluding hydrogens is 338 g/mol. The van der Waals surface area contributed by atoms with Gasteiger partial charge in [0.15, 0.2) is 19.8 Å². The van der Waals surface area contributed by atoms with Crippen molar-refractivity contribution in [1.29, 1.82) is 0 Å². The van der Waals surface area contributed by atoms with Crippen molar-refractivity contribution in [2.24, 2.45) is 5.92 Å². The molecule has 0 heterocycles. The first kappa shape index (κ1) is 19.7. The minimum absolute atomic E-state index is 0.0135. The Morgan fingerprint density at radius 1 is 1.28 bits per heavy atom. The normalized spacial score (nSPS) is 16.4. The van der Waals surface area contributed by atoms with Crippen molar-refractivity contribution in [2.75, 3.05) is 13.7 Å². The lowest BCUT2D eigenvalue weighted by molar-refractivity contribution is -0.385. The lowest BCUT2D eigenvalue weighted by Gasteiger charge is -2.39. The van der Waals surface area contributed by atoms with Crippen molar-refractivity contribution in [2.45, 2.75) is 57.8 Å². The third-order valence-corrected chi connectivity index (χ3v) is 9.67. The van der Waals surface area contributed by atoms with Crippen LogP contribution < -0.4 is 9.47 Å². The van der Waals surface area contributed by atoms with Gasteiger partial charge in [0.2, 0.25) is 0 Å². The van der Waals surface area contributed by atoms with Crippen molar-refractivity contribution in [3.05, 3.63) is 28.3 Å². The molecule has 0 amide bonds. The summed E-state index contributed by atoms with van der Waals surface area (Å²) in [5.41, 5.74) is -0.0135. The minimum atomic E-state index is -1.88. The number of hydrogen-bond acceptors (Lipinski definition) is 5. The van der Waals surface area contributed by atoms with E-state index in [4.69, 9.17) is 13.9 Å². The maximum Gasteiger partial charge on any atom is 0.273 e. The Kier molecular flexibility index (Phi) is 5.78. The number of hydrogen-bond donors (Lipinski definition) is 0. The van der Waals surface area contributed by atoms with Gasteiger partial charge in [-0.2, -0.15) is 0 Å². The van der Waals surface area contributed by atoms with E-state index in [-0.39, 0.29) is 16.8 Å². The van der Waals surface area contributed by atoms with Crippen molar-refractivity contribution in [3.63, 3.8) is 0 Å². The molecule has 1 atom stereocenters.